The molecule has 2 N–H and O–H groups in total. The number of aliphatic hydroxyl groups is 1. The largest absolute Gasteiger partial charge is 0.490 e. The van der Waals surface area contributed by atoms with E-state index in [4.69, 9.17) is 14.6 Å². The minimum atomic E-state index is -3.67. The third-order valence-corrected chi connectivity index (χ3v) is 3.82. The van der Waals surface area contributed by atoms with Crippen LogP contribution in [-0.4, -0.2) is 39.4 Å². The molecule has 0 aliphatic rings. The lowest BCUT2D eigenvalue weighted by molar-refractivity contribution is 0.198. The molecule has 1 aromatic rings. The van der Waals surface area contributed by atoms with Crippen LogP contribution in [0.5, 0.6) is 11.5 Å². The summed E-state index contributed by atoms with van der Waals surface area (Å²) in [7, 11) is -3.67. The molecule has 20 heavy (non-hydrogen) atoms. The first-order chi connectivity index (χ1) is 9.40. The van der Waals surface area contributed by atoms with E-state index in [1.807, 2.05) is 13.8 Å². The molecule has 0 aliphatic heterocycles. The number of rotatable bonds is 8. The van der Waals surface area contributed by atoms with Gasteiger partial charge in [-0.05, 0) is 32.9 Å². The molecule has 0 amide bonds. The molecule has 0 aliphatic carbocycles. The van der Waals surface area contributed by atoms with Crippen LogP contribution >= 0.6 is 0 Å². The summed E-state index contributed by atoms with van der Waals surface area (Å²) in [6.07, 6.45) is -0.751. The average molecular weight is 303 g/mol. The Labute approximate surface area is 119 Å². The van der Waals surface area contributed by atoms with E-state index in [1.54, 1.807) is 6.07 Å². The summed E-state index contributed by atoms with van der Waals surface area (Å²) in [5, 5.41) is 9.14. The maximum atomic E-state index is 12.0. The fraction of sp³-hybridized carbons (Fsp3) is 0.538. The zero-order valence-electron chi connectivity index (χ0n) is 11.9. The molecular formula is C13H21NO5S. The summed E-state index contributed by atoms with van der Waals surface area (Å²) in [4.78, 5) is 0.0741. The zero-order valence-corrected chi connectivity index (χ0v) is 12.7. The Morgan fingerprint density at radius 2 is 1.80 bits per heavy atom. The van der Waals surface area contributed by atoms with E-state index in [1.165, 1.54) is 19.1 Å². The minimum absolute atomic E-state index is 0.0421. The van der Waals surface area contributed by atoms with Crippen LogP contribution in [0.4, 0.5) is 0 Å². The maximum absolute atomic E-state index is 12.0. The van der Waals surface area contributed by atoms with Crippen molar-refractivity contribution in [2.45, 2.75) is 31.8 Å². The van der Waals surface area contributed by atoms with E-state index in [-0.39, 0.29) is 11.4 Å². The molecule has 7 heteroatoms. The van der Waals surface area contributed by atoms with Crippen LogP contribution in [0, 0.1) is 0 Å². The third-order valence-electron chi connectivity index (χ3n) is 2.39. The third kappa shape index (κ3) is 4.66. The Kier molecular flexibility index (Phi) is 6.25. The summed E-state index contributed by atoms with van der Waals surface area (Å²) >= 11 is 0. The van der Waals surface area contributed by atoms with Gasteiger partial charge in [0.2, 0.25) is 10.0 Å². The lowest BCUT2D eigenvalue weighted by Crippen LogP contribution is -2.30. The normalized spacial score (nSPS) is 13.0. The minimum Gasteiger partial charge on any atom is -0.490 e. The predicted octanol–water partition coefficient (Wildman–Crippen LogP) is 1.14. The van der Waals surface area contributed by atoms with Crippen molar-refractivity contribution >= 4 is 10.0 Å². The van der Waals surface area contributed by atoms with Crippen LogP contribution in [0.15, 0.2) is 23.1 Å². The molecule has 0 aromatic heterocycles. The summed E-state index contributed by atoms with van der Waals surface area (Å²) in [5.41, 5.74) is 0. The topological polar surface area (TPSA) is 84.9 Å². The lowest BCUT2D eigenvalue weighted by Gasteiger charge is -2.13. The highest BCUT2D eigenvalue weighted by Gasteiger charge is 2.17. The quantitative estimate of drug-likeness (QED) is 0.752. The van der Waals surface area contributed by atoms with Crippen LogP contribution < -0.4 is 14.2 Å². The number of ether oxygens (including phenoxy) is 2. The molecule has 6 nitrogen and oxygen atoms in total. The molecule has 0 radical (unpaired) electrons. The van der Waals surface area contributed by atoms with Gasteiger partial charge in [0.05, 0.1) is 24.2 Å². The highest BCUT2D eigenvalue weighted by atomic mass is 32.2. The first kappa shape index (κ1) is 16.7. The predicted molar refractivity (Wildman–Crippen MR) is 75.6 cm³/mol. The number of benzene rings is 1. The van der Waals surface area contributed by atoms with Crippen molar-refractivity contribution in [3.05, 3.63) is 18.2 Å². The monoisotopic (exact) mass is 303 g/mol. The van der Waals surface area contributed by atoms with E-state index in [2.05, 4.69) is 4.72 Å². The summed E-state index contributed by atoms with van der Waals surface area (Å²) in [6, 6.07) is 4.42. The second-order valence-electron chi connectivity index (χ2n) is 4.18. The second-order valence-corrected chi connectivity index (χ2v) is 5.94. The van der Waals surface area contributed by atoms with E-state index in [0.717, 1.165) is 0 Å². The molecule has 114 valence electrons. The average Bonchev–Trinajstić information content (AvgIpc) is 2.39. The van der Waals surface area contributed by atoms with Crippen molar-refractivity contribution in [1.29, 1.82) is 0 Å². The van der Waals surface area contributed by atoms with Gasteiger partial charge in [-0.1, -0.05) is 0 Å². The molecule has 1 atom stereocenters. The molecule has 0 fully saturated rings. The molecule has 0 unspecified atom stereocenters. The Hall–Kier alpha value is -1.31. The van der Waals surface area contributed by atoms with Gasteiger partial charge in [-0.2, -0.15) is 0 Å². The van der Waals surface area contributed by atoms with Crippen molar-refractivity contribution in [2.75, 3.05) is 19.8 Å². The van der Waals surface area contributed by atoms with Crippen LogP contribution in [0.25, 0.3) is 0 Å². The van der Waals surface area contributed by atoms with Gasteiger partial charge in [-0.3, -0.25) is 0 Å². The van der Waals surface area contributed by atoms with E-state index < -0.39 is 16.1 Å². The van der Waals surface area contributed by atoms with Crippen molar-refractivity contribution in [2.24, 2.45) is 0 Å². The highest BCUT2D eigenvalue weighted by molar-refractivity contribution is 7.89. The standard InChI is InChI=1S/C13H21NO5S/c1-4-18-12-7-6-11(8-13(12)19-5-2)20(16,17)14-9-10(3)15/h6-8,10,14-15H,4-5,9H2,1-3H3/t10-/m1/s1. The van der Waals surface area contributed by atoms with Crippen LogP contribution in [0.2, 0.25) is 0 Å². The molecular weight excluding hydrogens is 282 g/mol. The molecule has 0 saturated heterocycles. The first-order valence-electron chi connectivity index (χ1n) is 6.48. The number of aliphatic hydroxyl groups excluding tert-OH is 1. The number of hydrogen-bond acceptors (Lipinski definition) is 5. The fourth-order valence-corrected chi connectivity index (χ4v) is 2.65. The van der Waals surface area contributed by atoms with Gasteiger partial charge in [-0.15, -0.1) is 0 Å². The van der Waals surface area contributed by atoms with Crippen molar-refractivity contribution < 1.29 is 23.0 Å². The lowest BCUT2D eigenvalue weighted by atomic mass is 10.3. The summed E-state index contributed by atoms with van der Waals surface area (Å²) in [6.45, 7) is 5.98. The summed E-state index contributed by atoms with van der Waals surface area (Å²) < 4.78 is 37.2. The Morgan fingerprint density at radius 3 is 2.35 bits per heavy atom. The Morgan fingerprint density at radius 1 is 1.20 bits per heavy atom. The number of hydrogen-bond donors (Lipinski definition) is 2. The molecule has 1 aromatic carbocycles. The molecule has 0 bridgehead atoms. The smallest absolute Gasteiger partial charge is 0.240 e. The van der Waals surface area contributed by atoms with Crippen LogP contribution in [0.3, 0.4) is 0 Å². The molecule has 0 saturated carbocycles. The van der Waals surface area contributed by atoms with Crippen molar-refractivity contribution in [3.8, 4) is 11.5 Å². The van der Waals surface area contributed by atoms with Crippen LogP contribution in [-0.2, 0) is 10.0 Å². The van der Waals surface area contributed by atoms with E-state index >= 15 is 0 Å². The van der Waals surface area contributed by atoms with Gasteiger partial charge in [0.15, 0.2) is 11.5 Å². The second kappa shape index (κ2) is 7.47. The van der Waals surface area contributed by atoms with Crippen molar-refractivity contribution in [3.63, 3.8) is 0 Å². The van der Waals surface area contributed by atoms with Crippen molar-refractivity contribution in [1.82, 2.24) is 4.72 Å². The number of nitrogens with one attached hydrogen (secondary N) is 1. The van der Waals surface area contributed by atoms with Gasteiger partial charge < -0.3 is 14.6 Å². The first-order valence-corrected chi connectivity index (χ1v) is 7.96. The van der Waals surface area contributed by atoms with Gasteiger partial charge in [0, 0.05) is 12.6 Å². The van der Waals surface area contributed by atoms with Crippen LogP contribution in [0.1, 0.15) is 20.8 Å². The Balaban J connectivity index is 3.03. The molecule has 0 heterocycles. The highest BCUT2D eigenvalue weighted by Crippen LogP contribution is 2.30. The van der Waals surface area contributed by atoms with Gasteiger partial charge in [0.1, 0.15) is 0 Å². The SMILES string of the molecule is CCOc1ccc(S(=O)(=O)NC[C@@H](C)O)cc1OCC. The zero-order chi connectivity index (χ0) is 15.2. The van der Waals surface area contributed by atoms with Gasteiger partial charge in [-0.25, -0.2) is 13.1 Å². The van der Waals surface area contributed by atoms with Gasteiger partial charge >= 0.3 is 0 Å². The maximum Gasteiger partial charge on any atom is 0.240 e. The molecule has 0 spiro atoms. The molecule has 1 rings (SSSR count). The summed E-state index contributed by atoms with van der Waals surface area (Å²) in [5.74, 6) is 0.887. The van der Waals surface area contributed by atoms with E-state index in [9.17, 15) is 8.42 Å². The fourth-order valence-electron chi connectivity index (χ4n) is 1.51. The number of sulfonamides is 1. The Bertz CT molecular complexity index is 528. The van der Waals surface area contributed by atoms with Gasteiger partial charge in [0.25, 0.3) is 0 Å². The van der Waals surface area contributed by atoms with E-state index in [0.29, 0.717) is 24.7 Å².